The van der Waals surface area contributed by atoms with E-state index in [0.717, 1.165) is 16.9 Å². The normalized spacial score (nSPS) is 10.3. The lowest BCUT2D eigenvalue weighted by Crippen LogP contribution is -2.24. The molecule has 1 N–H and O–H groups in total. The number of aryl methyl sites for hydroxylation is 2. The highest BCUT2D eigenvalue weighted by atomic mass is 16.5. The summed E-state index contributed by atoms with van der Waals surface area (Å²) in [5.74, 6) is 0.893. The first-order chi connectivity index (χ1) is 10.6. The Kier molecular flexibility index (Phi) is 5.59. The smallest absolute Gasteiger partial charge is 0.224 e. The molecule has 0 radical (unpaired) electrons. The van der Waals surface area contributed by atoms with E-state index in [2.05, 4.69) is 31.3 Å². The van der Waals surface area contributed by atoms with E-state index < -0.39 is 0 Å². The second-order valence-electron chi connectivity index (χ2n) is 5.45. The lowest BCUT2D eigenvalue weighted by Gasteiger charge is -2.08. The topological polar surface area (TPSA) is 38.3 Å². The van der Waals surface area contributed by atoms with Gasteiger partial charge in [-0.05, 0) is 55.2 Å². The van der Waals surface area contributed by atoms with E-state index in [1.807, 2.05) is 37.3 Å². The predicted molar refractivity (Wildman–Crippen MR) is 89.1 cm³/mol. The van der Waals surface area contributed by atoms with Crippen molar-refractivity contribution in [3.8, 4) is 5.75 Å². The standard InChI is InChI=1S/C19H23NO2/c1-4-22-18-9-7-16(8-10-18)13-20-19(21)12-17-6-5-14(2)15(3)11-17/h5-11H,4,12-13H2,1-3H3,(H,20,21). The van der Waals surface area contributed by atoms with Crippen molar-refractivity contribution in [2.24, 2.45) is 0 Å². The van der Waals surface area contributed by atoms with Crippen LogP contribution in [0.4, 0.5) is 0 Å². The maximum atomic E-state index is 12.0. The van der Waals surface area contributed by atoms with Gasteiger partial charge in [-0.2, -0.15) is 0 Å². The number of ether oxygens (including phenoxy) is 1. The fourth-order valence-corrected chi connectivity index (χ4v) is 2.23. The van der Waals surface area contributed by atoms with E-state index in [-0.39, 0.29) is 5.91 Å². The molecule has 0 spiro atoms. The van der Waals surface area contributed by atoms with Gasteiger partial charge in [0.05, 0.1) is 13.0 Å². The number of rotatable bonds is 6. The van der Waals surface area contributed by atoms with Crippen molar-refractivity contribution in [3.63, 3.8) is 0 Å². The molecule has 2 aromatic rings. The Morgan fingerprint density at radius 3 is 2.32 bits per heavy atom. The summed E-state index contributed by atoms with van der Waals surface area (Å²) >= 11 is 0. The molecular weight excluding hydrogens is 274 g/mol. The number of hydrogen-bond donors (Lipinski definition) is 1. The minimum atomic E-state index is 0.0390. The summed E-state index contributed by atoms with van der Waals surface area (Å²) in [4.78, 5) is 12.0. The van der Waals surface area contributed by atoms with Crippen molar-refractivity contribution < 1.29 is 9.53 Å². The quantitative estimate of drug-likeness (QED) is 0.885. The van der Waals surface area contributed by atoms with Crippen LogP contribution in [0.1, 0.15) is 29.2 Å². The Morgan fingerprint density at radius 1 is 1.00 bits per heavy atom. The minimum absolute atomic E-state index is 0.0390. The van der Waals surface area contributed by atoms with Gasteiger partial charge >= 0.3 is 0 Å². The van der Waals surface area contributed by atoms with Gasteiger partial charge in [0.1, 0.15) is 5.75 Å². The molecule has 0 unspecified atom stereocenters. The van der Waals surface area contributed by atoms with Crippen molar-refractivity contribution in [2.75, 3.05) is 6.61 Å². The summed E-state index contributed by atoms with van der Waals surface area (Å²) in [5.41, 5.74) is 4.58. The molecule has 0 atom stereocenters. The molecule has 0 heterocycles. The first-order valence-corrected chi connectivity index (χ1v) is 7.63. The number of nitrogens with one attached hydrogen (secondary N) is 1. The first kappa shape index (κ1) is 16.1. The largest absolute Gasteiger partial charge is 0.494 e. The number of hydrogen-bond acceptors (Lipinski definition) is 2. The van der Waals surface area contributed by atoms with Crippen LogP contribution in [0.2, 0.25) is 0 Å². The molecule has 2 aromatic carbocycles. The van der Waals surface area contributed by atoms with Gasteiger partial charge in [-0.3, -0.25) is 4.79 Å². The van der Waals surface area contributed by atoms with E-state index in [1.54, 1.807) is 0 Å². The van der Waals surface area contributed by atoms with Crippen molar-refractivity contribution in [2.45, 2.75) is 33.7 Å². The number of benzene rings is 2. The van der Waals surface area contributed by atoms with Gasteiger partial charge in [0.15, 0.2) is 0 Å². The fraction of sp³-hybridized carbons (Fsp3) is 0.316. The number of carbonyl (C=O) groups is 1. The Bertz CT molecular complexity index is 632. The third-order valence-electron chi connectivity index (χ3n) is 3.66. The van der Waals surface area contributed by atoms with Crippen LogP contribution in [-0.4, -0.2) is 12.5 Å². The Morgan fingerprint density at radius 2 is 1.68 bits per heavy atom. The maximum Gasteiger partial charge on any atom is 0.224 e. The van der Waals surface area contributed by atoms with Crippen LogP contribution < -0.4 is 10.1 Å². The average molecular weight is 297 g/mol. The molecule has 3 heteroatoms. The molecule has 0 saturated carbocycles. The van der Waals surface area contributed by atoms with Crippen molar-refractivity contribution in [1.29, 1.82) is 0 Å². The number of amides is 1. The molecule has 22 heavy (non-hydrogen) atoms. The zero-order valence-electron chi connectivity index (χ0n) is 13.5. The Labute approximate surface area is 132 Å². The van der Waals surface area contributed by atoms with Gasteiger partial charge < -0.3 is 10.1 Å². The van der Waals surface area contributed by atoms with Crippen molar-refractivity contribution in [3.05, 3.63) is 64.7 Å². The summed E-state index contributed by atoms with van der Waals surface area (Å²) in [6, 6.07) is 13.9. The minimum Gasteiger partial charge on any atom is -0.494 e. The van der Waals surface area contributed by atoms with Gasteiger partial charge in [-0.15, -0.1) is 0 Å². The SMILES string of the molecule is CCOc1ccc(CNC(=O)Cc2ccc(C)c(C)c2)cc1. The highest BCUT2D eigenvalue weighted by Crippen LogP contribution is 2.12. The molecule has 0 aliphatic carbocycles. The second kappa shape index (κ2) is 7.64. The lowest BCUT2D eigenvalue weighted by molar-refractivity contribution is -0.120. The Hall–Kier alpha value is -2.29. The van der Waals surface area contributed by atoms with Gasteiger partial charge in [0.2, 0.25) is 5.91 Å². The average Bonchev–Trinajstić information content (AvgIpc) is 2.51. The first-order valence-electron chi connectivity index (χ1n) is 7.63. The van der Waals surface area contributed by atoms with Gasteiger partial charge in [-0.25, -0.2) is 0 Å². The molecule has 0 aromatic heterocycles. The Balaban J connectivity index is 1.85. The molecule has 3 nitrogen and oxygen atoms in total. The van der Waals surface area contributed by atoms with E-state index >= 15 is 0 Å². The predicted octanol–water partition coefficient (Wildman–Crippen LogP) is 3.56. The van der Waals surface area contributed by atoms with Gasteiger partial charge in [0.25, 0.3) is 0 Å². The third kappa shape index (κ3) is 4.62. The van der Waals surface area contributed by atoms with Crippen LogP contribution in [0.3, 0.4) is 0 Å². The highest BCUT2D eigenvalue weighted by Gasteiger charge is 2.04. The molecular formula is C19H23NO2. The summed E-state index contributed by atoms with van der Waals surface area (Å²) in [7, 11) is 0. The summed E-state index contributed by atoms with van der Waals surface area (Å²) in [6.45, 7) is 7.30. The summed E-state index contributed by atoms with van der Waals surface area (Å²) < 4.78 is 5.40. The van der Waals surface area contributed by atoms with E-state index in [4.69, 9.17) is 4.74 Å². The highest BCUT2D eigenvalue weighted by molar-refractivity contribution is 5.78. The van der Waals surface area contributed by atoms with Crippen molar-refractivity contribution in [1.82, 2.24) is 5.32 Å². The van der Waals surface area contributed by atoms with Crippen molar-refractivity contribution >= 4 is 5.91 Å². The molecule has 0 bridgehead atoms. The molecule has 0 aliphatic rings. The van der Waals surface area contributed by atoms with E-state index in [1.165, 1.54) is 11.1 Å². The van der Waals surface area contributed by atoms with Crippen LogP contribution >= 0.6 is 0 Å². The molecule has 0 saturated heterocycles. The summed E-state index contributed by atoms with van der Waals surface area (Å²) in [5, 5.41) is 2.95. The third-order valence-corrected chi connectivity index (χ3v) is 3.66. The van der Waals surface area contributed by atoms with Gasteiger partial charge in [-0.1, -0.05) is 30.3 Å². The van der Waals surface area contributed by atoms with E-state index in [0.29, 0.717) is 19.6 Å². The van der Waals surface area contributed by atoms with Crippen LogP contribution in [0, 0.1) is 13.8 Å². The molecule has 0 aliphatic heterocycles. The van der Waals surface area contributed by atoms with Crippen LogP contribution in [0.5, 0.6) is 5.75 Å². The monoisotopic (exact) mass is 297 g/mol. The van der Waals surface area contributed by atoms with Gasteiger partial charge in [0, 0.05) is 6.54 Å². The van der Waals surface area contributed by atoms with Crippen LogP contribution in [0.15, 0.2) is 42.5 Å². The van der Waals surface area contributed by atoms with Crippen LogP contribution in [0.25, 0.3) is 0 Å². The zero-order valence-corrected chi connectivity index (χ0v) is 13.5. The van der Waals surface area contributed by atoms with Crippen LogP contribution in [-0.2, 0) is 17.8 Å². The molecule has 2 rings (SSSR count). The molecule has 1 amide bonds. The summed E-state index contributed by atoms with van der Waals surface area (Å²) in [6.07, 6.45) is 0.415. The van der Waals surface area contributed by atoms with E-state index in [9.17, 15) is 4.79 Å². The lowest BCUT2D eigenvalue weighted by atomic mass is 10.0. The maximum absolute atomic E-state index is 12.0. The fourth-order valence-electron chi connectivity index (χ4n) is 2.23. The second-order valence-corrected chi connectivity index (χ2v) is 5.45. The molecule has 0 fully saturated rings. The molecule has 116 valence electrons. The number of carbonyl (C=O) groups excluding carboxylic acids is 1. The zero-order chi connectivity index (χ0) is 15.9.